The molecule has 3 aromatic rings. The van der Waals surface area contributed by atoms with E-state index in [1.165, 1.54) is 0 Å². The normalized spacial score (nSPS) is 15.1. The molecule has 4 rings (SSSR count). The number of nitrogens with zero attached hydrogens (tertiary/aromatic N) is 5. The first-order valence-electron chi connectivity index (χ1n) is 12.2. The Kier molecular flexibility index (Phi) is 7.80. The van der Waals surface area contributed by atoms with Crippen LogP contribution in [0.2, 0.25) is 0 Å². The number of hydrogen-bond acceptors (Lipinski definition) is 5. The van der Waals surface area contributed by atoms with Crippen molar-refractivity contribution in [2.45, 2.75) is 52.5 Å². The summed E-state index contributed by atoms with van der Waals surface area (Å²) >= 11 is 0. The first-order valence-corrected chi connectivity index (χ1v) is 12.2. The predicted molar refractivity (Wildman–Crippen MR) is 135 cm³/mol. The predicted octanol–water partition coefficient (Wildman–Crippen LogP) is 4.54. The average molecular weight is 476 g/mol. The van der Waals surface area contributed by atoms with E-state index in [0.29, 0.717) is 36.8 Å². The summed E-state index contributed by atoms with van der Waals surface area (Å²) in [6.45, 7) is 5.18. The lowest BCUT2D eigenvalue weighted by Gasteiger charge is -2.28. The topological polar surface area (TPSA) is 80.6 Å². The van der Waals surface area contributed by atoms with Crippen LogP contribution in [-0.4, -0.2) is 51.9 Å². The largest absolute Gasteiger partial charge is 0.497 e. The number of fused-ring (bicyclic) bond motifs is 1. The summed E-state index contributed by atoms with van der Waals surface area (Å²) in [5.74, 6) is 0.572. The summed E-state index contributed by atoms with van der Waals surface area (Å²) in [5, 5.41) is 8.54. The summed E-state index contributed by atoms with van der Waals surface area (Å²) in [6, 6.07) is 15.4. The molecule has 2 heterocycles. The van der Waals surface area contributed by atoms with Crippen molar-refractivity contribution in [3.63, 3.8) is 0 Å². The number of amides is 2. The third kappa shape index (κ3) is 5.53. The van der Waals surface area contributed by atoms with E-state index in [9.17, 15) is 9.59 Å². The lowest BCUT2D eigenvalue weighted by Crippen LogP contribution is -2.35. The second kappa shape index (κ2) is 11.2. The molecule has 184 valence electrons. The summed E-state index contributed by atoms with van der Waals surface area (Å²) < 4.78 is 6.99. The van der Waals surface area contributed by atoms with E-state index in [1.54, 1.807) is 18.7 Å². The van der Waals surface area contributed by atoms with E-state index in [4.69, 9.17) is 4.74 Å². The monoisotopic (exact) mass is 475 g/mol. The first-order chi connectivity index (χ1) is 17.0. The number of anilines is 1. The number of methoxy groups -OCH3 is 1. The third-order valence-electron chi connectivity index (χ3n) is 6.52. The zero-order chi connectivity index (χ0) is 24.8. The van der Waals surface area contributed by atoms with Gasteiger partial charge in [0.05, 0.1) is 18.5 Å². The van der Waals surface area contributed by atoms with Gasteiger partial charge in [-0.1, -0.05) is 48.7 Å². The molecule has 0 unspecified atom stereocenters. The van der Waals surface area contributed by atoms with E-state index in [0.717, 1.165) is 49.0 Å². The Labute approximate surface area is 206 Å². The summed E-state index contributed by atoms with van der Waals surface area (Å²) in [7, 11) is 1.62. The van der Waals surface area contributed by atoms with Crippen molar-refractivity contribution in [2.75, 3.05) is 25.1 Å². The Morgan fingerprint density at radius 1 is 0.943 bits per heavy atom. The van der Waals surface area contributed by atoms with Crippen molar-refractivity contribution in [2.24, 2.45) is 0 Å². The highest BCUT2D eigenvalue weighted by atomic mass is 16.5. The number of rotatable bonds is 3. The van der Waals surface area contributed by atoms with Crippen LogP contribution in [0.4, 0.5) is 5.69 Å². The molecule has 2 amide bonds. The molecule has 0 bridgehead atoms. The van der Waals surface area contributed by atoms with Crippen LogP contribution in [0, 0.1) is 6.92 Å². The maximum absolute atomic E-state index is 13.7. The van der Waals surface area contributed by atoms with Crippen LogP contribution in [0.3, 0.4) is 0 Å². The molecule has 2 aromatic carbocycles. The van der Waals surface area contributed by atoms with E-state index >= 15 is 0 Å². The van der Waals surface area contributed by atoms with E-state index in [2.05, 4.69) is 10.3 Å². The van der Waals surface area contributed by atoms with Gasteiger partial charge in [-0.05, 0) is 43.5 Å². The Bertz CT molecular complexity index is 1190. The first kappa shape index (κ1) is 24.4. The van der Waals surface area contributed by atoms with Crippen molar-refractivity contribution in [3.8, 4) is 11.4 Å². The smallest absolute Gasteiger partial charge is 0.276 e. The Morgan fingerprint density at radius 3 is 2.46 bits per heavy atom. The number of para-hydroxylation sites is 1. The van der Waals surface area contributed by atoms with Crippen LogP contribution >= 0.6 is 0 Å². The quantitative estimate of drug-likeness (QED) is 0.555. The highest BCUT2D eigenvalue weighted by molar-refractivity contribution is 5.94. The van der Waals surface area contributed by atoms with Crippen molar-refractivity contribution < 1.29 is 14.3 Å². The van der Waals surface area contributed by atoms with Gasteiger partial charge in [0.15, 0.2) is 5.69 Å². The van der Waals surface area contributed by atoms with Gasteiger partial charge in [-0.25, -0.2) is 4.68 Å². The lowest BCUT2D eigenvalue weighted by molar-refractivity contribution is -0.116. The fourth-order valence-corrected chi connectivity index (χ4v) is 4.58. The zero-order valence-electron chi connectivity index (χ0n) is 20.7. The molecular formula is C27H33N5O3. The summed E-state index contributed by atoms with van der Waals surface area (Å²) in [6.07, 6.45) is 5.09. The molecule has 1 aromatic heterocycles. The molecule has 0 fully saturated rings. The fraction of sp³-hybridized carbons (Fsp3) is 0.407. The van der Waals surface area contributed by atoms with E-state index in [-0.39, 0.29) is 11.8 Å². The molecule has 8 nitrogen and oxygen atoms in total. The van der Waals surface area contributed by atoms with Gasteiger partial charge in [0.1, 0.15) is 5.75 Å². The highest BCUT2D eigenvalue weighted by Crippen LogP contribution is 2.26. The molecule has 8 heteroatoms. The van der Waals surface area contributed by atoms with Gasteiger partial charge in [-0.15, -0.1) is 5.10 Å². The average Bonchev–Trinajstić information content (AvgIpc) is 3.25. The Morgan fingerprint density at radius 2 is 1.69 bits per heavy atom. The maximum atomic E-state index is 13.7. The van der Waals surface area contributed by atoms with Gasteiger partial charge in [0.25, 0.3) is 5.91 Å². The zero-order valence-corrected chi connectivity index (χ0v) is 20.7. The van der Waals surface area contributed by atoms with Crippen molar-refractivity contribution >= 4 is 17.5 Å². The molecule has 0 N–H and O–H groups in total. The number of carbonyl (C=O) groups excluding carboxylic acids is 2. The third-order valence-corrected chi connectivity index (χ3v) is 6.52. The van der Waals surface area contributed by atoms with Crippen LogP contribution < -0.4 is 9.64 Å². The summed E-state index contributed by atoms with van der Waals surface area (Å²) in [4.78, 5) is 29.9. The number of carbonyl (C=O) groups is 2. The van der Waals surface area contributed by atoms with E-state index in [1.807, 2.05) is 65.3 Å². The number of ether oxygens (including phenoxy) is 1. The maximum Gasteiger partial charge on any atom is 0.276 e. The van der Waals surface area contributed by atoms with Gasteiger partial charge in [-0.2, -0.15) is 0 Å². The van der Waals surface area contributed by atoms with Gasteiger partial charge in [0.2, 0.25) is 5.91 Å². The second-order valence-corrected chi connectivity index (χ2v) is 8.93. The molecule has 0 saturated heterocycles. The number of aromatic nitrogens is 3. The van der Waals surface area contributed by atoms with E-state index < -0.39 is 0 Å². The lowest BCUT2D eigenvalue weighted by atomic mass is 10.1. The SMILES string of the molecule is COc1cccc(-n2nnc(C(=O)N3CCCCCCCN(C(C)=O)c4ccccc4C3)c2C)c1. The number of benzene rings is 2. The minimum atomic E-state index is -0.155. The Hall–Kier alpha value is -3.68. The molecule has 0 spiro atoms. The van der Waals surface area contributed by atoms with Crippen LogP contribution in [0.5, 0.6) is 5.75 Å². The van der Waals surface area contributed by atoms with Crippen LogP contribution in [0.1, 0.15) is 60.8 Å². The molecule has 0 saturated carbocycles. The molecule has 1 aliphatic heterocycles. The standard InChI is InChI=1S/C27H33N5O3/c1-20-26(28-29-32(20)23-13-11-14-24(18-23)35-3)27(34)30-16-9-5-4-6-10-17-31(21(2)33)25-15-8-7-12-22(25)19-30/h7-8,11-15,18H,4-6,9-10,16-17,19H2,1-3H3. The van der Waals surface area contributed by atoms with Crippen molar-refractivity contribution in [1.29, 1.82) is 0 Å². The van der Waals surface area contributed by atoms with Crippen molar-refractivity contribution in [3.05, 3.63) is 65.5 Å². The van der Waals surface area contributed by atoms with Gasteiger partial charge >= 0.3 is 0 Å². The van der Waals surface area contributed by atoms with Crippen LogP contribution in [0.25, 0.3) is 5.69 Å². The van der Waals surface area contributed by atoms with Crippen molar-refractivity contribution in [1.82, 2.24) is 19.9 Å². The molecule has 35 heavy (non-hydrogen) atoms. The molecular weight excluding hydrogens is 442 g/mol. The van der Waals surface area contributed by atoms with Gasteiger partial charge in [0, 0.05) is 38.3 Å². The fourth-order valence-electron chi connectivity index (χ4n) is 4.58. The highest BCUT2D eigenvalue weighted by Gasteiger charge is 2.25. The minimum absolute atomic E-state index is 0.0180. The molecule has 0 radical (unpaired) electrons. The second-order valence-electron chi connectivity index (χ2n) is 8.93. The molecule has 0 atom stereocenters. The van der Waals surface area contributed by atoms with Gasteiger partial charge in [-0.3, -0.25) is 9.59 Å². The van der Waals surface area contributed by atoms with Gasteiger partial charge < -0.3 is 14.5 Å². The number of hydrogen-bond donors (Lipinski definition) is 0. The molecule has 0 aliphatic carbocycles. The Balaban J connectivity index is 1.66. The van der Waals surface area contributed by atoms with Crippen LogP contribution in [-0.2, 0) is 11.3 Å². The summed E-state index contributed by atoms with van der Waals surface area (Å²) in [5.41, 5.74) is 3.61. The molecule has 1 aliphatic rings. The minimum Gasteiger partial charge on any atom is -0.497 e. The van der Waals surface area contributed by atoms with Crippen LogP contribution in [0.15, 0.2) is 48.5 Å².